The van der Waals surface area contributed by atoms with Gasteiger partial charge in [0.05, 0.1) is 23.6 Å². The lowest BCUT2D eigenvalue weighted by Gasteiger charge is -2.07. The molecule has 0 aliphatic carbocycles. The van der Waals surface area contributed by atoms with Gasteiger partial charge in [0.1, 0.15) is 5.75 Å². The molecule has 16 heavy (non-hydrogen) atoms. The van der Waals surface area contributed by atoms with E-state index in [4.69, 9.17) is 9.84 Å². The monoisotopic (exact) mass is 219 g/mol. The molecule has 1 aromatic heterocycles. The Hall–Kier alpha value is -1.97. The average molecular weight is 219 g/mol. The molecule has 0 bridgehead atoms. The number of rotatable bonds is 2. The van der Waals surface area contributed by atoms with E-state index >= 15 is 0 Å². The number of carboxylic acid groups (broad SMARTS) is 1. The number of fused-ring (bicyclic) bond motifs is 1. The molecular weight excluding hydrogens is 206 g/mol. The van der Waals surface area contributed by atoms with Crippen LogP contribution in [-0.4, -0.2) is 22.8 Å². The van der Waals surface area contributed by atoms with Gasteiger partial charge in [0, 0.05) is 13.2 Å². The van der Waals surface area contributed by atoms with E-state index in [2.05, 4.69) is 0 Å². The SMILES string of the molecule is COc1c(C)ccc2c1c(C(=O)O)cn2C. The van der Waals surface area contributed by atoms with Gasteiger partial charge in [0.2, 0.25) is 0 Å². The molecule has 0 saturated carbocycles. The van der Waals surface area contributed by atoms with E-state index in [1.165, 1.54) is 0 Å². The molecule has 2 aromatic rings. The fourth-order valence-corrected chi connectivity index (χ4v) is 1.98. The predicted molar refractivity (Wildman–Crippen MR) is 61.2 cm³/mol. The number of aromatic carboxylic acids is 1. The van der Waals surface area contributed by atoms with E-state index in [1.54, 1.807) is 17.9 Å². The molecule has 0 spiro atoms. The number of hydrogen-bond acceptors (Lipinski definition) is 2. The van der Waals surface area contributed by atoms with Crippen LogP contribution in [0.4, 0.5) is 0 Å². The van der Waals surface area contributed by atoms with Gasteiger partial charge in [-0.15, -0.1) is 0 Å². The lowest BCUT2D eigenvalue weighted by molar-refractivity contribution is 0.0698. The second-order valence-electron chi connectivity index (χ2n) is 3.77. The summed E-state index contributed by atoms with van der Waals surface area (Å²) >= 11 is 0. The Labute approximate surface area is 93.1 Å². The molecule has 0 unspecified atom stereocenters. The van der Waals surface area contributed by atoms with Crippen molar-refractivity contribution in [1.29, 1.82) is 0 Å². The number of aryl methyl sites for hydroxylation is 2. The summed E-state index contributed by atoms with van der Waals surface area (Å²) in [6.45, 7) is 1.90. The molecule has 0 radical (unpaired) electrons. The van der Waals surface area contributed by atoms with E-state index in [1.807, 2.05) is 26.1 Å². The molecule has 0 aliphatic heterocycles. The number of ether oxygens (including phenoxy) is 1. The van der Waals surface area contributed by atoms with Crippen LogP contribution in [0.5, 0.6) is 5.75 Å². The van der Waals surface area contributed by atoms with Crippen LogP contribution in [0.3, 0.4) is 0 Å². The first-order valence-corrected chi connectivity index (χ1v) is 4.92. The van der Waals surface area contributed by atoms with E-state index < -0.39 is 5.97 Å². The van der Waals surface area contributed by atoms with E-state index in [-0.39, 0.29) is 5.56 Å². The van der Waals surface area contributed by atoms with Crippen molar-refractivity contribution in [2.75, 3.05) is 7.11 Å². The first-order valence-electron chi connectivity index (χ1n) is 4.92. The summed E-state index contributed by atoms with van der Waals surface area (Å²) in [6.07, 6.45) is 1.61. The van der Waals surface area contributed by atoms with Crippen LogP contribution in [0.2, 0.25) is 0 Å². The van der Waals surface area contributed by atoms with Crippen molar-refractivity contribution < 1.29 is 14.6 Å². The zero-order valence-electron chi connectivity index (χ0n) is 9.44. The summed E-state index contributed by atoms with van der Waals surface area (Å²) in [4.78, 5) is 11.1. The van der Waals surface area contributed by atoms with Crippen LogP contribution in [0, 0.1) is 6.92 Å². The number of hydrogen-bond donors (Lipinski definition) is 1. The summed E-state index contributed by atoms with van der Waals surface area (Å²) in [5.41, 5.74) is 2.07. The van der Waals surface area contributed by atoms with Crippen molar-refractivity contribution >= 4 is 16.9 Å². The van der Waals surface area contributed by atoms with Gasteiger partial charge in [-0.3, -0.25) is 0 Å². The van der Waals surface area contributed by atoms with Gasteiger partial charge in [-0.2, -0.15) is 0 Å². The van der Waals surface area contributed by atoms with Crippen LogP contribution in [0.15, 0.2) is 18.3 Å². The minimum absolute atomic E-state index is 0.276. The molecule has 1 aromatic carbocycles. The lowest BCUT2D eigenvalue weighted by Crippen LogP contribution is -1.96. The van der Waals surface area contributed by atoms with Crippen molar-refractivity contribution in [2.45, 2.75) is 6.92 Å². The van der Waals surface area contributed by atoms with Crippen LogP contribution < -0.4 is 4.74 Å². The van der Waals surface area contributed by atoms with Gasteiger partial charge in [0.15, 0.2) is 0 Å². The maximum Gasteiger partial charge on any atom is 0.338 e. The minimum Gasteiger partial charge on any atom is -0.496 e. The zero-order valence-corrected chi connectivity index (χ0v) is 9.44. The number of nitrogens with zero attached hydrogens (tertiary/aromatic N) is 1. The van der Waals surface area contributed by atoms with Gasteiger partial charge in [0.25, 0.3) is 0 Å². The smallest absolute Gasteiger partial charge is 0.338 e. The Morgan fingerprint density at radius 2 is 2.12 bits per heavy atom. The highest BCUT2D eigenvalue weighted by Crippen LogP contribution is 2.33. The number of aromatic nitrogens is 1. The highest BCUT2D eigenvalue weighted by Gasteiger charge is 2.17. The quantitative estimate of drug-likeness (QED) is 0.842. The topological polar surface area (TPSA) is 51.5 Å². The number of methoxy groups -OCH3 is 1. The third-order valence-corrected chi connectivity index (χ3v) is 2.74. The summed E-state index contributed by atoms with van der Waals surface area (Å²) in [5.74, 6) is -0.301. The fourth-order valence-electron chi connectivity index (χ4n) is 1.98. The zero-order chi connectivity index (χ0) is 11.9. The molecule has 1 heterocycles. The molecule has 84 valence electrons. The van der Waals surface area contributed by atoms with Crippen molar-refractivity contribution in [3.05, 3.63) is 29.5 Å². The molecule has 1 N–H and O–H groups in total. The Morgan fingerprint density at radius 1 is 1.44 bits per heavy atom. The maximum absolute atomic E-state index is 11.1. The van der Waals surface area contributed by atoms with Gasteiger partial charge in [-0.05, 0) is 18.6 Å². The highest BCUT2D eigenvalue weighted by molar-refractivity contribution is 6.06. The van der Waals surface area contributed by atoms with Crippen LogP contribution >= 0.6 is 0 Å². The standard InChI is InChI=1S/C12H13NO3/c1-7-4-5-9-10(11(7)16-3)8(12(14)15)6-13(9)2/h4-6H,1-3H3,(H,14,15). The largest absolute Gasteiger partial charge is 0.496 e. The molecule has 2 rings (SSSR count). The second kappa shape index (κ2) is 3.56. The van der Waals surface area contributed by atoms with Gasteiger partial charge >= 0.3 is 5.97 Å². The Morgan fingerprint density at radius 3 is 2.69 bits per heavy atom. The molecule has 0 amide bonds. The molecule has 0 saturated heterocycles. The Balaban J connectivity index is 2.93. The summed E-state index contributed by atoms with van der Waals surface area (Å²) in [5, 5.41) is 9.80. The van der Waals surface area contributed by atoms with Crippen LogP contribution in [-0.2, 0) is 7.05 Å². The van der Waals surface area contributed by atoms with Crippen molar-refractivity contribution in [2.24, 2.45) is 7.05 Å². The molecule has 0 atom stereocenters. The predicted octanol–water partition coefficient (Wildman–Crippen LogP) is 2.19. The molecule has 4 heteroatoms. The Kier molecular flexibility index (Phi) is 2.34. The van der Waals surface area contributed by atoms with Gasteiger partial charge < -0.3 is 14.4 Å². The summed E-state index contributed by atoms with van der Waals surface area (Å²) < 4.78 is 7.08. The number of carboxylic acids is 1. The first-order chi connectivity index (χ1) is 7.56. The maximum atomic E-state index is 11.1. The molecule has 4 nitrogen and oxygen atoms in total. The van der Waals surface area contributed by atoms with Gasteiger partial charge in [-0.25, -0.2) is 4.79 Å². The average Bonchev–Trinajstić information content (AvgIpc) is 2.56. The van der Waals surface area contributed by atoms with E-state index in [0.29, 0.717) is 11.1 Å². The van der Waals surface area contributed by atoms with Crippen molar-refractivity contribution in [3.63, 3.8) is 0 Å². The fraction of sp³-hybridized carbons (Fsp3) is 0.250. The lowest BCUT2D eigenvalue weighted by atomic mass is 10.1. The second-order valence-corrected chi connectivity index (χ2v) is 3.77. The molecule has 0 fully saturated rings. The first kappa shape index (κ1) is 10.5. The summed E-state index contributed by atoms with van der Waals surface area (Å²) in [6, 6.07) is 3.83. The number of benzene rings is 1. The normalized spacial score (nSPS) is 10.7. The van der Waals surface area contributed by atoms with Crippen LogP contribution in [0.25, 0.3) is 10.9 Å². The Bertz CT molecular complexity index is 569. The summed E-state index contributed by atoms with van der Waals surface area (Å²) in [7, 11) is 3.38. The van der Waals surface area contributed by atoms with E-state index in [0.717, 1.165) is 11.1 Å². The minimum atomic E-state index is -0.936. The van der Waals surface area contributed by atoms with E-state index in [9.17, 15) is 4.79 Å². The van der Waals surface area contributed by atoms with Gasteiger partial charge in [-0.1, -0.05) is 6.07 Å². The molecule has 0 aliphatic rings. The third kappa shape index (κ3) is 1.34. The number of carbonyl (C=O) groups is 1. The third-order valence-electron chi connectivity index (χ3n) is 2.74. The van der Waals surface area contributed by atoms with Crippen molar-refractivity contribution in [3.8, 4) is 5.75 Å². The van der Waals surface area contributed by atoms with Crippen LogP contribution in [0.1, 0.15) is 15.9 Å². The molecular formula is C12H13NO3. The van der Waals surface area contributed by atoms with Crippen molar-refractivity contribution in [1.82, 2.24) is 4.57 Å². The highest BCUT2D eigenvalue weighted by atomic mass is 16.5.